The number of nitrogen functional groups attached to an aromatic ring is 1. The lowest BCUT2D eigenvalue weighted by Crippen LogP contribution is -2.36. The molecule has 0 aliphatic carbocycles. The fourth-order valence-corrected chi connectivity index (χ4v) is 2.18. The van der Waals surface area contributed by atoms with Crippen LogP contribution >= 0.6 is 0 Å². The number of benzene rings is 2. The second-order valence-corrected chi connectivity index (χ2v) is 5.13. The standard InChI is InChI=1S/C16H18F2N2O/c1-16(10-21,11-5-3-2-4-6-11)20-14-8-7-12(19)9-13(14)15(17)18/h2-9,15,20-21H,10,19H2,1H3. The summed E-state index contributed by atoms with van der Waals surface area (Å²) in [4.78, 5) is 0. The van der Waals surface area contributed by atoms with Crippen LogP contribution in [0.15, 0.2) is 48.5 Å². The molecule has 2 rings (SSSR count). The molecule has 0 saturated carbocycles. The van der Waals surface area contributed by atoms with E-state index in [0.717, 1.165) is 5.56 Å². The molecule has 1 unspecified atom stereocenters. The highest BCUT2D eigenvalue weighted by molar-refractivity contribution is 5.60. The van der Waals surface area contributed by atoms with E-state index in [1.165, 1.54) is 12.1 Å². The van der Waals surface area contributed by atoms with Gasteiger partial charge in [0.25, 0.3) is 6.43 Å². The van der Waals surface area contributed by atoms with Gasteiger partial charge in [-0.3, -0.25) is 0 Å². The van der Waals surface area contributed by atoms with Crippen LogP contribution in [-0.4, -0.2) is 11.7 Å². The van der Waals surface area contributed by atoms with Gasteiger partial charge >= 0.3 is 0 Å². The van der Waals surface area contributed by atoms with Crippen LogP contribution in [0.4, 0.5) is 20.2 Å². The van der Waals surface area contributed by atoms with Crippen LogP contribution in [0.5, 0.6) is 0 Å². The smallest absolute Gasteiger partial charge is 0.265 e. The first kappa shape index (κ1) is 15.3. The first-order valence-corrected chi connectivity index (χ1v) is 6.58. The molecule has 0 heterocycles. The number of alkyl halides is 2. The quantitative estimate of drug-likeness (QED) is 0.739. The molecule has 21 heavy (non-hydrogen) atoms. The van der Waals surface area contributed by atoms with Crippen LogP contribution in [0, 0.1) is 0 Å². The topological polar surface area (TPSA) is 58.3 Å². The maximum Gasteiger partial charge on any atom is 0.265 e. The highest BCUT2D eigenvalue weighted by atomic mass is 19.3. The van der Waals surface area contributed by atoms with Crippen molar-refractivity contribution in [2.75, 3.05) is 17.7 Å². The number of rotatable bonds is 5. The molecule has 2 aromatic carbocycles. The highest BCUT2D eigenvalue weighted by Gasteiger charge is 2.27. The Hall–Kier alpha value is -2.14. The van der Waals surface area contributed by atoms with Crippen LogP contribution in [0.2, 0.25) is 0 Å². The lowest BCUT2D eigenvalue weighted by atomic mass is 9.92. The third kappa shape index (κ3) is 3.31. The molecule has 2 aromatic rings. The maximum atomic E-state index is 13.1. The SMILES string of the molecule is CC(CO)(Nc1ccc(N)cc1C(F)F)c1ccccc1. The van der Waals surface area contributed by atoms with Gasteiger partial charge in [0.15, 0.2) is 0 Å². The summed E-state index contributed by atoms with van der Waals surface area (Å²) in [6, 6.07) is 13.5. The van der Waals surface area contributed by atoms with E-state index in [1.54, 1.807) is 13.0 Å². The minimum absolute atomic E-state index is 0.175. The van der Waals surface area contributed by atoms with E-state index in [2.05, 4.69) is 5.32 Å². The van der Waals surface area contributed by atoms with Crippen molar-refractivity contribution in [3.05, 3.63) is 59.7 Å². The lowest BCUT2D eigenvalue weighted by Gasteiger charge is -2.31. The summed E-state index contributed by atoms with van der Waals surface area (Å²) in [7, 11) is 0. The molecule has 0 spiro atoms. The third-order valence-electron chi connectivity index (χ3n) is 3.45. The van der Waals surface area contributed by atoms with Crippen LogP contribution < -0.4 is 11.1 Å². The maximum absolute atomic E-state index is 13.1. The summed E-state index contributed by atoms with van der Waals surface area (Å²) in [5.74, 6) is 0. The molecule has 112 valence electrons. The van der Waals surface area contributed by atoms with Crippen molar-refractivity contribution in [3.8, 4) is 0 Å². The van der Waals surface area contributed by atoms with Gasteiger partial charge in [-0.1, -0.05) is 30.3 Å². The van der Waals surface area contributed by atoms with E-state index >= 15 is 0 Å². The van der Waals surface area contributed by atoms with E-state index in [9.17, 15) is 13.9 Å². The van der Waals surface area contributed by atoms with Crippen LogP contribution in [0.3, 0.4) is 0 Å². The van der Waals surface area contributed by atoms with Gasteiger partial charge in [-0.2, -0.15) is 0 Å². The van der Waals surface area contributed by atoms with Crippen molar-refractivity contribution in [2.45, 2.75) is 18.9 Å². The third-order valence-corrected chi connectivity index (χ3v) is 3.45. The van der Waals surface area contributed by atoms with Crippen molar-refractivity contribution in [1.82, 2.24) is 0 Å². The summed E-state index contributed by atoms with van der Waals surface area (Å²) < 4.78 is 26.3. The largest absolute Gasteiger partial charge is 0.399 e. The first-order chi connectivity index (χ1) is 9.96. The molecule has 0 saturated heterocycles. The molecular weight excluding hydrogens is 274 g/mol. The number of hydrogen-bond acceptors (Lipinski definition) is 3. The number of nitrogens with two attached hydrogens (primary N) is 1. The predicted molar refractivity (Wildman–Crippen MR) is 80.3 cm³/mol. The lowest BCUT2D eigenvalue weighted by molar-refractivity contribution is 0.151. The number of hydrogen-bond donors (Lipinski definition) is 3. The van der Waals surface area contributed by atoms with Crippen molar-refractivity contribution >= 4 is 11.4 Å². The number of halogens is 2. The molecule has 5 heteroatoms. The second-order valence-electron chi connectivity index (χ2n) is 5.13. The van der Waals surface area contributed by atoms with Gasteiger partial charge in [0.2, 0.25) is 0 Å². The van der Waals surface area contributed by atoms with Crippen molar-refractivity contribution < 1.29 is 13.9 Å². The first-order valence-electron chi connectivity index (χ1n) is 6.58. The molecule has 0 aliphatic rings. The van der Waals surface area contributed by atoms with Gasteiger partial charge in [0.1, 0.15) is 0 Å². The summed E-state index contributed by atoms with van der Waals surface area (Å²) >= 11 is 0. The van der Waals surface area contributed by atoms with Gasteiger partial charge < -0.3 is 16.2 Å². The number of nitrogens with one attached hydrogen (secondary N) is 1. The highest BCUT2D eigenvalue weighted by Crippen LogP contribution is 2.33. The Kier molecular flexibility index (Phi) is 4.43. The van der Waals surface area contributed by atoms with Gasteiger partial charge in [0, 0.05) is 16.9 Å². The van der Waals surface area contributed by atoms with Gasteiger partial charge in [-0.25, -0.2) is 8.78 Å². The Balaban J connectivity index is 2.39. The normalized spacial score (nSPS) is 14.0. The van der Waals surface area contributed by atoms with E-state index in [0.29, 0.717) is 0 Å². The van der Waals surface area contributed by atoms with E-state index in [4.69, 9.17) is 5.73 Å². The molecule has 1 atom stereocenters. The van der Waals surface area contributed by atoms with Gasteiger partial charge in [0.05, 0.1) is 12.1 Å². The van der Waals surface area contributed by atoms with Gasteiger partial charge in [-0.05, 0) is 30.7 Å². The minimum Gasteiger partial charge on any atom is -0.399 e. The molecule has 0 fully saturated rings. The zero-order valence-electron chi connectivity index (χ0n) is 11.7. The Labute approximate surface area is 122 Å². The minimum atomic E-state index is -2.64. The predicted octanol–water partition coefficient (Wildman–Crippen LogP) is 3.53. The molecule has 4 N–H and O–H groups in total. The van der Waals surface area contributed by atoms with Gasteiger partial charge in [-0.15, -0.1) is 0 Å². The number of aliphatic hydroxyl groups is 1. The van der Waals surface area contributed by atoms with E-state index in [-0.39, 0.29) is 23.5 Å². The molecular formula is C16H18F2N2O. The van der Waals surface area contributed by atoms with Crippen molar-refractivity contribution in [1.29, 1.82) is 0 Å². The summed E-state index contributed by atoms with van der Waals surface area (Å²) in [5.41, 5.74) is 5.88. The molecule has 0 aliphatic heterocycles. The molecule has 0 amide bonds. The molecule has 0 radical (unpaired) electrons. The number of aliphatic hydroxyl groups excluding tert-OH is 1. The average molecular weight is 292 g/mol. The molecule has 0 aromatic heterocycles. The summed E-state index contributed by atoms with van der Waals surface area (Å²) in [6.45, 7) is 1.53. The monoisotopic (exact) mass is 292 g/mol. The fraction of sp³-hybridized carbons (Fsp3) is 0.250. The Morgan fingerprint density at radius 2 is 1.86 bits per heavy atom. The molecule has 3 nitrogen and oxygen atoms in total. The van der Waals surface area contributed by atoms with Crippen LogP contribution in [0.1, 0.15) is 24.5 Å². The second kappa shape index (κ2) is 6.10. The van der Waals surface area contributed by atoms with Crippen molar-refractivity contribution in [3.63, 3.8) is 0 Å². The fourth-order valence-electron chi connectivity index (χ4n) is 2.18. The number of anilines is 2. The zero-order valence-corrected chi connectivity index (χ0v) is 11.7. The Bertz CT molecular complexity index is 604. The van der Waals surface area contributed by atoms with Crippen molar-refractivity contribution in [2.24, 2.45) is 0 Å². The summed E-state index contributed by atoms with van der Waals surface area (Å²) in [6.07, 6.45) is -2.64. The average Bonchev–Trinajstić information content (AvgIpc) is 2.49. The summed E-state index contributed by atoms with van der Waals surface area (Å²) in [5, 5.41) is 12.7. The van der Waals surface area contributed by atoms with Crippen LogP contribution in [-0.2, 0) is 5.54 Å². The zero-order chi connectivity index (χ0) is 15.5. The van der Waals surface area contributed by atoms with E-state index < -0.39 is 12.0 Å². The molecule has 0 bridgehead atoms. The Morgan fingerprint density at radius 1 is 1.19 bits per heavy atom. The Morgan fingerprint density at radius 3 is 2.43 bits per heavy atom. The van der Waals surface area contributed by atoms with E-state index in [1.807, 2.05) is 30.3 Å². The van der Waals surface area contributed by atoms with Crippen LogP contribution in [0.25, 0.3) is 0 Å².